The van der Waals surface area contributed by atoms with Crippen LogP contribution in [0.15, 0.2) is 125 Å². The molecule has 208 valence electrons. The van der Waals surface area contributed by atoms with E-state index in [2.05, 4.69) is 10.2 Å². The van der Waals surface area contributed by atoms with Gasteiger partial charge >= 0.3 is 5.91 Å². The summed E-state index contributed by atoms with van der Waals surface area (Å²) in [6, 6.07) is 34.8. The summed E-state index contributed by atoms with van der Waals surface area (Å²) in [5, 5.41) is 20.2. The number of ketones is 1. The zero-order valence-electron chi connectivity index (χ0n) is 22.3. The molecule has 1 aliphatic heterocycles. The fraction of sp³-hybridized carbons (Fsp3) is 0.0909. The predicted octanol–water partition coefficient (Wildman–Crippen LogP) is 7.04. The Morgan fingerprint density at radius 3 is 2.10 bits per heavy atom. The van der Waals surface area contributed by atoms with E-state index in [1.165, 1.54) is 28.0 Å². The molecule has 6 rings (SSSR count). The van der Waals surface area contributed by atoms with E-state index in [1.54, 1.807) is 48.5 Å². The van der Waals surface area contributed by atoms with Gasteiger partial charge in [0, 0.05) is 11.3 Å². The maximum atomic E-state index is 13.5. The Hall–Kier alpha value is -4.73. The summed E-state index contributed by atoms with van der Waals surface area (Å²) in [6.45, 7) is 0.404. The largest absolute Gasteiger partial charge is 0.507 e. The van der Waals surface area contributed by atoms with Crippen molar-refractivity contribution in [1.82, 2.24) is 10.2 Å². The topological polar surface area (TPSA) is 92.6 Å². The predicted molar refractivity (Wildman–Crippen MR) is 164 cm³/mol. The highest BCUT2D eigenvalue weighted by Gasteiger charge is 2.48. The van der Waals surface area contributed by atoms with Crippen LogP contribution in [0.5, 0.6) is 5.75 Å². The molecule has 1 fully saturated rings. The first-order valence-electron chi connectivity index (χ1n) is 13.2. The summed E-state index contributed by atoms with van der Waals surface area (Å²) in [7, 11) is 0. The van der Waals surface area contributed by atoms with Crippen LogP contribution in [0.3, 0.4) is 0 Å². The normalized spacial score (nSPS) is 16.1. The van der Waals surface area contributed by atoms with Crippen LogP contribution in [0.2, 0.25) is 0 Å². The van der Waals surface area contributed by atoms with Gasteiger partial charge in [-0.15, -0.1) is 10.2 Å². The van der Waals surface area contributed by atoms with Gasteiger partial charge in [0.05, 0.1) is 11.6 Å². The first-order chi connectivity index (χ1) is 20.6. The number of aliphatic hydroxyl groups is 1. The minimum Gasteiger partial charge on any atom is -0.507 e. The molecule has 0 spiro atoms. The summed E-state index contributed by atoms with van der Waals surface area (Å²) < 4.78 is 6.61. The van der Waals surface area contributed by atoms with Gasteiger partial charge in [-0.1, -0.05) is 126 Å². The summed E-state index contributed by atoms with van der Waals surface area (Å²) >= 11 is 2.74. The number of aromatic nitrogens is 2. The smallest absolute Gasteiger partial charge is 0.301 e. The molecule has 1 saturated heterocycles. The second-order valence-electron chi connectivity index (χ2n) is 9.50. The zero-order valence-corrected chi connectivity index (χ0v) is 23.9. The number of nitrogens with zero attached hydrogens (tertiary/aromatic N) is 3. The number of anilines is 1. The average molecular weight is 592 g/mol. The summed E-state index contributed by atoms with van der Waals surface area (Å²) in [5.41, 5.74) is 3.25. The van der Waals surface area contributed by atoms with Crippen LogP contribution in [0.1, 0.15) is 28.3 Å². The molecule has 5 aromatic rings. The summed E-state index contributed by atoms with van der Waals surface area (Å²) in [4.78, 5) is 28.3. The van der Waals surface area contributed by atoms with E-state index < -0.39 is 17.7 Å². The number of aliphatic hydroxyl groups excluding tert-OH is 1. The first-order valence-corrected chi connectivity index (χ1v) is 15.0. The number of thioether (sulfide) groups is 1. The highest BCUT2D eigenvalue weighted by atomic mass is 32.2. The van der Waals surface area contributed by atoms with Gasteiger partial charge in [0.2, 0.25) is 5.13 Å². The number of ether oxygens (including phenoxy) is 1. The Balaban J connectivity index is 1.33. The van der Waals surface area contributed by atoms with Crippen LogP contribution in [0.25, 0.3) is 5.76 Å². The number of amides is 1. The molecule has 4 aromatic carbocycles. The number of hydrogen-bond donors (Lipinski definition) is 1. The van der Waals surface area contributed by atoms with Crippen molar-refractivity contribution in [1.29, 1.82) is 0 Å². The molecule has 42 heavy (non-hydrogen) atoms. The van der Waals surface area contributed by atoms with Crippen LogP contribution in [-0.2, 0) is 21.9 Å². The molecule has 7 nitrogen and oxygen atoms in total. The third-order valence-electron chi connectivity index (χ3n) is 6.74. The summed E-state index contributed by atoms with van der Waals surface area (Å²) in [5.74, 6) is -0.458. The van der Waals surface area contributed by atoms with Gasteiger partial charge in [-0.2, -0.15) is 0 Å². The van der Waals surface area contributed by atoms with E-state index in [9.17, 15) is 14.7 Å². The van der Waals surface area contributed by atoms with E-state index in [-0.39, 0.29) is 16.5 Å². The molecule has 2 heterocycles. The Kier molecular flexibility index (Phi) is 8.12. The third-order valence-corrected chi connectivity index (χ3v) is 8.87. The number of hydrogen-bond acceptors (Lipinski definition) is 8. The highest BCUT2D eigenvalue weighted by Crippen LogP contribution is 2.44. The van der Waals surface area contributed by atoms with Crippen LogP contribution < -0.4 is 9.64 Å². The Bertz CT molecular complexity index is 1720. The number of benzene rings is 4. The molecule has 0 radical (unpaired) electrons. The van der Waals surface area contributed by atoms with Crippen molar-refractivity contribution in [3.8, 4) is 5.75 Å². The van der Waals surface area contributed by atoms with Gasteiger partial charge in [0.15, 0.2) is 4.34 Å². The molecular weight excluding hydrogens is 567 g/mol. The average Bonchev–Trinajstić information content (AvgIpc) is 3.62. The van der Waals surface area contributed by atoms with Crippen molar-refractivity contribution in [2.75, 3.05) is 4.90 Å². The quantitative estimate of drug-likeness (QED) is 0.0646. The Morgan fingerprint density at radius 2 is 1.43 bits per heavy atom. The molecule has 0 saturated carbocycles. The standard InChI is InChI=1S/C33H25N3O4S2/c37-29(25-14-8-3-9-15-25)27-28(24-16-18-26(19-17-24)40-20-22-10-4-1-5-11-22)36(31(39)30(27)38)32-34-35-33(42-32)41-21-23-12-6-2-7-13-23/h1-19,28,37H,20-21H2/b29-27-. The van der Waals surface area contributed by atoms with Crippen molar-refractivity contribution >= 4 is 45.7 Å². The summed E-state index contributed by atoms with van der Waals surface area (Å²) in [6.07, 6.45) is 0. The van der Waals surface area contributed by atoms with E-state index >= 15 is 0 Å². The lowest BCUT2D eigenvalue weighted by atomic mass is 9.95. The maximum Gasteiger partial charge on any atom is 0.301 e. The lowest BCUT2D eigenvalue weighted by molar-refractivity contribution is -0.132. The molecule has 9 heteroatoms. The van der Waals surface area contributed by atoms with Gasteiger partial charge in [-0.25, -0.2) is 0 Å². The van der Waals surface area contributed by atoms with E-state index in [4.69, 9.17) is 4.74 Å². The van der Waals surface area contributed by atoms with Crippen LogP contribution in [0.4, 0.5) is 5.13 Å². The molecule has 1 N–H and O–H groups in total. The number of Topliss-reactive ketones (excluding diaryl/α,β-unsaturated/α-hetero) is 1. The monoisotopic (exact) mass is 591 g/mol. The van der Waals surface area contributed by atoms with E-state index in [0.717, 1.165) is 11.1 Å². The van der Waals surface area contributed by atoms with E-state index in [1.807, 2.05) is 66.7 Å². The van der Waals surface area contributed by atoms with Gasteiger partial charge in [0.1, 0.15) is 18.1 Å². The number of rotatable bonds is 9. The lowest BCUT2D eigenvalue weighted by Crippen LogP contribution is -2.29. The first kappa shape index (κ1) is 27.4. The van der Waals surface area contributed by atoms with Crippen molar-refractivity contribution in [2.45, 2.75) is 22.7 Å². The molecule has 0 bridgehead atoms. The molecule has 1 atom stereocenters. The molecule has 1 amide bonds. The lowest BCUT2D eigenvalue weighted by Gasteiger charge is -2.22. The Morgan fingerprint density at radius 1 is 0.810 bits per heavy atom. The van der Waals surface area contributed by atoms with E-state index in [0.29, 0.717) is 33.6 Å². The minimum atomic E-state index is -0.895. The fourth-order valence-electron chi connectivity index (χ4n) is 4.66. The van der Waals surface area contributed by atoms with Gasteiger partial charge in [-0.05, 0) is 28.8 Å². The fourth-order valence-corrected chi connectivity index (χ4v) is 6.48. The van der Waals surface area contributed by atoms with Crippen molar-refractivity contribution in [2.24, 2.45) is 0 Å². The van der Waals surface area contributed by atoms with Crippen LogP contribution in [0, 0.1) is 0 Å². The highest BCUT2D eigenvalue weighted by molar-refractivity contribution is 8.00. The molecule has 0 aliphatic carbocycles. The van der Waals surface area contributed by atoms with Gasteiger partial charge < -0.3 is 9.84 Å². The van der Waals surface area contributed by atoms with Crippen molar-refractivity contribution in [3.63, 3.8) is 0 Å². The molecule has 1 unspecified atom stereocenters. The minimum absolute atomic E-state index is 0.00200. The second kappa shape index (κ2) is 12.4. The third kappa shape index (κ3) is 5.83. The molecule has 1 aromatic heterocycles. The number of carbonyl (C=O) groups is 2. The maximum absolute atomic E-state index is 13.5. The molecular formula is C33H25N3O4S2. The van der Waals surface area contributed by atoms with Crippen LogP contribution in [-0.4, -0.2) is 27.0 Å². The SMILES string of the molecule is O=C1C(=O)N(c2nnc(SCc3ccccc3)s2)C(c2ccc(OCc3ccccc3)cc2)/C1=C(/O)c1ccccc1. The van der Waals surface area contributed by atoms with Crippen molar-refractivity contribution in [3.05, 3.63) is 143 Å². The zero-order chi connectivity index (χ0) is 28.9. The second-order valence-corrected chi connectivity index (χ2v) is 11.7. The number of carbonyl (C=O) groups excluding carboxylic acids is 2. The van der Waals surface area contributed by atoms with Gasteiger partial charge in [0.25, 0.3) is 5.78 Å². The van der Waals surface area contributed by atoms with Crippen LogP contribution >= 0.6 is 23.1 Å². The van der Waals surface area contributed by atoms with Gasteiger partial charge in [-0.3, -0.25) is 14.5 Å². The van der Waals surface area contributed by atoms with Crippen molar-refractivity contribution < 1.29 is 19.4 Å². The Labute approximate surface area is 251 Å². The molecule has 1 aliphatic rings.